The molecule has 1 unspecified atom stereocenters. The lowest BCUT2D eigenvalue weighted by Crippen LogP contribution is -2.45. The normalized spacial score (nSPS) is 11.9. The quantitative estimate of drug-likeness (QED) is 0.183. The molecule has 234 valence electrons. The van der Waals surface area contributed by atoms with Gasteiger partial charge in [0.05, 0.1) is 12.2 Å². The molecule has 1 atom stereocenters. The molecular formula is C31H47ClFN5O4. The maximum Gasteiger partial charge on any atom is 0.259 e. The number of carbonyl (C=O) groups is 3. The third-order valence-electron chi connectivity index (χ3n) is 5.82. The van der Waals surface area contributed by atoms with Gasteiger partial charge in [0.25, 0.3) is 5.91 Å². The van der Waals surface area contributed by atoms with Crippen molar-refractivity contribution in [2.45, 2.75) is 33.4 Å². The molecule has 0 fully saturated rings. The topological polar surface area (TPSA) is 112 Å². The van der Waals surface area contributed by atoms with E-state index in [2.05, 4.69) is 21.3 Å². The van der Waals surface area contributed by atoms with E-state index in [0.717, 1.165) is 12.0 Å². The van der Waals surface area contributed by atoms with Gasteiger partial charge in [-0.3, -0.25) is 14.4 Å². The molecule has 1 amide bonds. The zero-order valence-electron chi connectivity index (χ0n) is 26.0. The summed E-state index contributed by atoms with van der Waals surface area (Å²) in [6, 6.07) is 15.0. The SMILES string of the molecule is CCOc1ccc(Cl)cc1C=O.CNCC(C)(C)C(F)C(=O)N/C(C=O)=C(\CCN(C)C)NC.CNc1ccccc1. The van der Waals surface area contributed by atoms with Crippen LogP contribution in [0.25, 0.3) is 0 Å². The van der Waals surface area contributed by atoms with Gasteiger partial charge < -0.3 is 30.9 Å². The Hall–Kier alpha value is -3.47. The molecule has 42 heavy (non-hydrogen) atoms. The Morgan fingerprint density at radius 1 is 1.10 bits per heavy atom. The second-order valence-electron chi connectivity index (χ2n) is 10.0. The Morgan fingerprint density at radius 2 is 1.74 bits per heavy atom. The minimum Gasteiger partial charge on any atom is -0.493 e. The van der Waals surface area contributed by atoms with Crippen LogP contribution in [0.5, 0.6) is 5.75 Å². The highest BCUT2D eigenvalue weighted by Crippen LogP contribution is 2.23. The van der Waals surface area contributed by atoms with Gasteiger partial charge in [-0.15, -0.1) is 0 Å². The molecule has 2 aromatic rings. The van der Waals surface area contributed by atoms with Crippen molar-refractivity contribution in [3.63, 3.8) is 0 Å². The molecule has 0 saturated heterocycles. The highest BCUT2D eigenvalue weighted by molar-refractivity contribution is 6.30. The van der Waals surface area contributed by atoms with Gasteiger partial charge in [-0.25, -0.2) is 4.39 Å². The van der Waals surface area contributed by atoms with Gasteiger partial charge in [0.1, 0.15) is 11.4 Å². The smallest absolute Gasteiger partial charge is 0.259 e. The van der Waals surface area contributed by atoms with Gasteiger partial charge >= 0.3 is 0 Å². The zero-order valence-corrected chi connectivity index (χ0v) is 26.8. The number of alkyl halides is 1. The van der Waals surface area contributed by atoms with Gasteiger partial charge in [0.15, 0.2) is 18.7 Å². The molecule has 0 spiro atoms. The lowest BCUT2D eigenvalue weighted by molar-refractivity contribution is -0.129. The molecule has 4 N–H and O–H groups in total. The largest absolute Gasteiger partial charge is 0.493 e. The molecular weight excluding hydrogens is 561 g/mol. The number of halogens is 2. The molecule has 0 aliphatic heterocycles. The summed E-state index contributed by atoms with van der Waals surface area (Å²) in [5.41, 5.74) is 1.45. The number of hydrogen-bond donors (Lipinski definition) is 4. The first-order valence-electron chi connectivity index (χ1n) is 13.6. The van der Waals surface area contributed by atoms with Crippen molar-refractivity contribution >= 4 is 35.8 Å². The summed E-state index contributed by atoms with van der Waals surface area (Å²) in [6.07, 6.45) is 0.102. The van der Waals surface area contributed by atoms with Gasteiger partial charge in [-0.05, 0) is 58.4 Å². The summed E-state index contributed by atoms with van der Waals surface area (Å²) < 4.78 is 19.5. The van der Waals surface area contributed by atoms with Gasteiger partial charge in [-0.1, -0.05) is 43.6 Å². The van der Waals surface area contributed by atoms with E-state index >= 15 is 0 Å². The van der Waals surface area contributed by atoms with Crippen molar-refractivity contribution in [3.05, 3.63) is 70.5 Å². The van der Waals surface area contributed by atoms with Crippen LogP contribution < -0.4 is 26.0 Å². The number of allylic oxidation sites excluding steroid dienone is 1. The second-order valence-corrected chi connectivity index (χ2v) is 10.5. The summed E-state index contributed by atoms with van der Waals surface area (Å²) in [5, 5.41) is 11.7. The number of nitrogens with zero attached hydrogens (tertiary/aromatic N) is 1. The number of rotatable bonds is 14. The van der Waals surface area contributed by atoms with E-state index in [1.165, 1.54) is 0 Å². The second kappa shape index (κ2) is 21.3. The first-order valence-corrected chi connectivity index (χ1v) is 14.0. The summed E-state index contributed by atoms with van der Waals surface area (Å²) in [7, 11) is 9.09. The van der Waals surface area contributed by atoms with E-state index in [-0.39, 0.29) is 5.70 Å². The van der Waals surface area contributed by atoms with Crippen molar-refractivity contribution in [1.29, 1.82) is 0 Å². The average Bonchev–Trinajstić information content (AvgIpc) is 2.98. The fraction of sp³-hybridized carbons (Fsp3) is 0.452. The number of para-hydroxylation sites is 1. The predicted molar refractivity (Wildman–Crippen MR) is 170 cm³/mol. The van der Waals surface area contributed by atoms with E-state index in [0.29, 0.717) is 54.4 Å². The molecule has 2 rings (SSSR count). The van der Waals surface area contributed by atoms with Gasteiger partial charge in [0.2, 0.25) is 0 Å². The highest BCUT2D eigenvalue weighted by Gasteiger charge is 2.35. The molecule has 9 nitrogen and oxygen atoms in total. The third-order valence-corrected chi connectivity index (χ3v) is 6.06. The number of amides is 1. The molecule has 2 aromatic carbocycles. The molecule has 0 aliphatic rings. The average molecular weight is 608 g/mol. The molecule has 0 radical (unpaired) electrons. The Labute approximate surface area is 255 Å². The maximum absolute atomic E-state index is 14.3. The number of benzene rings is 2. The van der Waals surface area contributed by atoms with E-state index in [4.69, 9.17) is 16.3 Å². The van der Waals surface area contributed by atoms with Crippen LogP contribution in [0.1, 0.15) is 37.6 Å². The number of nitrogens with one attached hydrogen (secondary N) is 4. The predicted octanol–water partition coefficient (Wildman–Crippen LogP) is 4.55. The molecule has 0 bridgehead atoms. The number of aldehydes is 2. The van der Waals surface area contributed by atoms with Gasteiger partial charge in [-0.2, -0.15) is 0 Å². The Kier molecular flexibility index (Phi) is 19.5. The summed E-state index contributed by atoms with van der Waals surface area (Å²) in [4.78, 5) is 35.7. The maximum atomic E-state index is 14.3. The highest BCUT2D eigenvalue weighted by atomic mass is 35.5. The van der Waals surface area contributed by atoms with E-state index < -0.39 is 17.5 Å². The van der Waals surface area contributed by atoms with Crippen LogP contribution in [0, 0.1) is 5.41 Å². The molecule has 0 aliphatic carbocycles. The lowest BCUT2D eigenvalue weighted by atomic mass is 9.87. The van der Waals surface area contributed by atoms with Crippen molar-refractivity contribution in [2.75, 3.05) is 60.3 Å². The van der Waals surface area contributed by atoms with Crippen LogP contribution in [-0.2, 0) is 9.59 Å². The Balaban J connectivity index is 0.000000691. The standard InChI is InChI=1S/C15H29FN4O2.C9H9ClO2.C7H9N/c1-15(2,10-17-3)13(16)14(22)19-12(9-21)11(18-4)7-8-20(5)6;1-2-12-9-4-3-8(10)5-7(9)6-11;1-8-7-5-3-2-4-6-7/h9,13,17-18H,7-8,10H2,1-6H3,(H,19,22);3-6H,2H2,1H3;2-6,8H,1H3/b12-11+;;. The number of hydrogen-bond acceptors (Lipinski definition) is 8. The molecule has 0 saturated carbocycles. The van der Waals surface area contributed by atoms with Crippen LogP contribution in [0.2, 0.25) is 5.02 Å². The first-order chi connectivity index (χ1) is 19.9. The monoisotopic (exact) mass is 607 g/mol. The molecule has 11 heteroatoms. The molecule has 0 heterocycles. The van der Waals surface area contributed by atoms with Crippen molar-refractivity contribution in [2.24, 2.45) is 5.41 Å². The van der Waals surface area contributed by atoms with Crippen LogP contribution in [0.4, 0.5) is 10.1 Å². The number of carbonyl (C=O) groups excluding carboxylic acids is 3. The number of ether oxygens (including phenoxy) is 1. The van der Waals surface area contributed by atoms with Crippen LogP contribution >= 0.6 is 11.6 Å². The minimum absolute atomic E-state index is 0.0808. The minimum atomic E-state index is -1.72. The van der Waals surface area contributed by atoms with E-state index in [1.54, 1.807) is 46.1 Å². The Bertz CT molecular complexity index is 1110. The Morgan fingerprint density at radius 3 is 2.19 bits per heavy atom. The summed E-state index contributed by atoms with van der Waals surface area (Å²) in [6.45, 7) is 6.77. The van der Waals surface area contributed by atoms with E-state index in [9.17, 15) is 18.8 Å². The fourth-order valence-corrected chi connectivity index (χ4v) is 3.69. The van der Waals surface area contributed by atoms with Crippen molar-refractivity contribution in [1.82, 2.24) is 20.9 Å². The van der Waals surface area contributed by atoms with Crippen molar-refractivity contribution < 1.29 is 23.5 Å². The number of anilines is 1. The zero-order chi connectivity index (χ0) is 32.1. The van der Waals surface area contributed by atoms with Crippen LogP contribution in [0.3, 0.4) is 0 Å². The van der Waals surface area contributed by atoms with E-state index in [1.807, 2.05) is 63.3 Å². The van der Waals surface area contributed by atoms with Crippen LogP contribution in [-0.4, -0.2) is 84.5 Å². The first kappa shape index (κ1) is 38.5. The van der Waals surface area contributed by atoms with Crippen molar-refractivity contribution in [3.8, 4) is 5.75 Å². The summed E-state index contributed by atoms with van der Waals surface area (Å²) >= 11 is 5.68. The van der Waals surface area contributed by atoms with Gasteiger partial charge in [0, 0.05) is 55.4 Å². The lowest BCUT2D eigenvalue weighted by Gasteiger charge is -2.27. The molecule has 0 aromatic heterocycles. The third kappa shape index (κ3) is 15.0. The van der Waals surface area contributed by atoms with Crippen LogP contribution in [0.15, 0.2) is 59.9 Å². The fourth-order valence-electron chi connectivity index (χ4n) is 3.51. The summed E-state index contributed by atoms with van der Waals surface area (Å²) in [5.74, 6) is -0.225.